The van der Waals surface area contributed by atoms with Crippen molar-refractivity contribution in [3.63, 3.8) is 0 Å². The molecular formula is C20H24N4O2S2. The fourth-order valence-corrected chi connectivity index (χ4v) is 4.00. The van der Waals surface area contributed by atoms with E-state index in [0.29, 0.717) is 16.5 Å². The molecule has 0 aliphatic rings. The van der Waals surface area contributed by atoms with Gasteiger partial charge in [0.05, 0.1) is 16.9 Å². The lowest BCUT2D eigenvalue weighted by atomic mass is 9.98. The van der Waals surface area contributed by atoms with E-state index in [2.05, 4.69) is 22.8 Å². The maximum Gasteiger partial charge on any atom is 0.193 e. The molecular weight excluding hydrogens is 392 g/mol. The highest BCUT2D eigenvalue weighted by atomic mass is 32.2. The van der Waals surface area contributed by atoms with Gasteiger partial charge in [-0.1, -0.05) is 13.8 Å². The highest BCUT2D eigenvalue weighted by Crippen LogP contribution is 2.39. The molecule has 0 aliphatic heterocycles. The van der Waals surface area contributed by atoms with Crippen LogP contribution < -0.4 is 4.90 Å². The van der Waals surface area contributed by atoms with Crippen LogP contribution in [0.1, 0.15) is 25.3 Å². The highest BCUT2D eigenvalue weighted by molar-refractivity contribution is 7.98. The summed E-state index contributed by atoms with van der Waals surface area (Å²) in [6.07, 6.45) is 2.04. The van der Waals surface area contributed by atoms with Crippen LogP contribution in [0.2, 0.25) is 0 Å². The normalized spacial score (nSPS) is 11.2. The Morgan fingerprint density at radius 3 is 2.39 bits per heavy atom. The van der Waals surface area contributed by atoms with Crippen molar-refractivity contribution in [1.82, 2.24) is 14.8 Å². The zero-order valence-electron chi connectivity index (χ0n) is 16.5. The van der Waals surface area contributed by atoms with E-state index in [1.807, 2.05) is 57.3 Å². The molecule has 0 atom stereocenters. The lowest BCUT2D eigenvalue weighted by Gasteiger charge is -2.19. The standard InChI is InChI=1S/C20H24N4O2S2/c1-11(2)13-9-14(17(26)10-16(13)25)19-21-22-20(27)24(19)12-6-7-18(28-5)15(8-12)23(3)4/h6-11,25-26H,1-5H3,(H,22,27). The zero-order chi connectivity index (χ0) is 20.6. The Balaban J connectivity index is 2.22. The van der Waals surface area contributed by atoms with E-state index in [0.717, 1.165) is 21.8 Å². The number of nitrogens with zero attached hydrogens (tertiary/aromatic N) is 4. The maximum absolute atomic E-state index is 10.5. The van der Waals surface area contributed by atoms with E-state index in [1.54, 1.807) is 22.4 Å². The number of phenolic OH excluding ortho intramolecular Hbond substituents is 2. The summed E-state index contributed by atoms with van der Waals surface area (Å²) >= 11 is 6.15. The summed E-state index contributed by atoms with van der Waals surface area (Å²) in [5, 5.41) is 29.4. The molecule has 148 valence electrons. The number of hydrogen-bond acceptors (Lipinski definition) is 7. The highest BCUT2D eigenvalue weighted by Gasteiger charge is 2.20. The van der Waals surface area contributed by atoms with E-state index >= 15 is 0 Å². The van der Waals surface area contributed by atoms with Crippen molar-refractivity contribution in [2.24, 2.45) is 0 Å². The van der Waals surface area contributed by atoms with Gasteiger partial charge in [0.25, 0.3) is 0 Å². The molecule has 28 heavy (non-hydrogen) atoms. The van der Waals surface area contributed by atoms with Gasteiger partial charge in [-0.2, -0.15) is 0 Å². The van der Waals surface area contributed by atoms with Gasteiger partial charge in [0, 0.05) is 25.1 Å². The maximum atomic E-state index is 10.5. The minimum absolute atomic E-state index is 0.0579. The van der Waals surface area contributed by atoms with Gasteiger partial charge in [0.2, 0.25) is 0 Å². The molecule has 0 amide bonds. The Labute approximate surface area is 174 Å². The summed E-state index contributed by atoms with van der Waals surface area (Å²) in [5.74, 6) is 0.559. The largest absolute Gasteiger partial charge is 0.508 e. The Morgan fingerprint density at radius 2 is 1.79 bits per heavy atom. The summed E-state index contributed by atoms with van der Waals surface area (Å²) in [6.45, 7) is 3.96. The minimum Gasteiger partial charge on any atom is -0.508 e. The van der Waals surface area contributed by atoms with E-state index in [4.69, 9.17) is 0 Å². The van der Waals surface area contributed by atoms with Crippen molar-refractivity contribution in [2.45, 2.75) is 29.8 Å². The minimum atomic E-state index is -0.0579. The van der Waals surface area contributed by atoms with Crippen molar-refractivity contribution >= 4 is 30.1 Å². The summed E-state index contributed by atoms with van der Waals surface area (Å²) in [4.78, 5) is 3.20. The SMILES string of the molecule is CSc1ccc(-n2c(S)nnc2-c2cc(C(C)C)c(O)cc2O)cc1N(C)C. The van der Waals surface area contributed by atoms with Crippen LogP contribution in [0.3, 0.4) is 0 Å². The van der Waals surface area contributed by atoms with Gasteiger partial charge in [-0.25, -0.2) is 0 Å². The number of aromatic hydroxyl groups is 2. The quantitative estimate of drug-likeness (QED) is 0.419. The van der Waals surface area contributed by atoms with Crippen LogP contribution >= 0.6 is 24.4 Å². The van der Waals surface area contributed by atoms with Gasteiger partial charge in [0.1, 0.15) is 11.5 Å². The van der Waals surface area contributed by atoms with Gasteiger partial charge in [-0.15, -0.1) is 34.6 Å². The van der Waals surface area contributed by atoms with Crippen molar-refractivity contribution in [1.29, 1.82) is 0 Å². The second-order valence-electron chi connectivity index (χ2n) is 6.99. The van der Waals surface area contributed by atoms with Crippen LogP contribution in [-0.2, 0) is 0 Å². The number of anilines is 1. The molecule has 3 rings (SSSR count). The monoisotopic (exact) mass is 416 g/mol. The van der Waals surface area contributed by atoms with Crippen LogP contribution in [0, 0.1) is 0 Å². The van der Waals surface area contributed by atoms with Crippen molar-refractivity contribution in [3.05, 3.63) is 35.9 Å². The van der Waals surface area contributed by atoms with Gasteiger partial charge >= 0.3 is 0 Å². The van der Waals surface area contributed by atoms with Gasteiger partial charge in [-0.05, 0) is 42.0 Å². The van der Waals surface area contributed by atoms with Gasteiger partial charge in [-0.3, -0.25) is 4.57 Å². The molecule has 3 aromatic rings. The average molecular weight is 417 g/mol. The number of benzene rings is 2. The van der Waals surface area contributed by atoms with Crippen LogP contribution in [0.4, 0.5) is 5.69 Å². The average Bonchev–Trinajstić information content (AvgIpc) is 3.02. The smallest absolute Gasteiger partial charge is 0.193 e. The second-order valence-corrected chi connectivity index (χ2v) is 8.24. The second kappa shape index (κ2) is 7.97. The van der Waals surface area contributed by atoms with E-state index in [-0.39, 0.29) is 17.4 Å². The predicted molar refractivity (Wildman–Crippen MR) is 118 cm³/mol. The number of phenols is 2. The van der Waals surface area contributed by atoms with Crippen LogP contribution in [0.25, 0.3) is 17.1 Å². The molecule has 0 aliphatic carbocycles. The lowest BCUT2D eigenvalue weighted by molar-refractivity contribution is 0.444. The Kier molecular flexibility index (Phi) is 5.81. The number of rotatable bonds is 5. The molecule has 0 unspecified atom stereocenters. The third kappa shape index (κ3) is 3.66. The van der Waals surface area contributed by atoms with E-state index in [9.17, 15) is 10.2 Å². The third-order valence-corrected chi connectivity index (χ3v) is 5.63. The number of thiol groups is 1. The molecule has 0 radical (unpaired) electrons. The molecule has 1 aromatic heterocycles. The van der Waals surface area contributed by atoms with Crippen LogP contribution in [0.15, 0.2) is 40.4 Å². The Bertz CT molecular complexity index is 1020. The predicted octanol–water partition coefficient (Wildman–Crippen LogP) is 4.55. The molecule has 0 saturated carbocycles. The summed E-state index contributed by atoms with van der Waals surface area (Å²) < 4.78 is 1.79. The summed E-state index contributed by atoms with van der Waals surface area (Å²) in [6, 6.07) is 9.17. The van der Waals surface area contributed by atoms with Crippen molar-refractivity contribution < 1.29 is 10.2 Å². The van der Waals surface area contributed by atoms with Crippen LogP contribution in [0.5, 0.6) is 11.5 Å². The molecule has 0 spiro atoms. The molecule has 0 saturated heterocycles. The number of thioether (sulfide) groups is 1. The first-order chi connectivity index (χ1) is 13.2. The molecule has 6 nitrogen and oxygen atoms in total. The Hall–Kier alpha value is -2.32. The first-order valence-corrected chi connectivity index (χ1v) is 10.5. The molecule has 1 heterocycles. The van der Waals surface area contributed by atoms with E-state index in [1.165, 1.54) is 6.07 Å². The van der Waals surface area contributed by atoms with Crippen molar-refractivity contribution in [3.8, 4) is 28.6 Å². The molecule has 0 fully saturated rings. The van der Waals surface area contributed by atoms with Crippen molar-refractivity contribution in [2.75, 3.05) is 25.3 Å². The Morgan fingerprint density at radius 1 is 1.07 bits per heavy atom. The van der Waals surface area contributed by atoms with E-state index < -0.39 is 0 Å². The number of aromatic nitrogens is 3. The summed E-state index contributed by atoms with van der Waals surface area (Å²) in [5.41, 5.74) is 3.13. The zero-order valence-corrected chi connectivity index (χ0v) is 18.2. The summed E-state index contributed by atoms with van der Waals surface area (Å²) in [7, 11) is 3.99. The fraction of sp³-hybridized carbons (Fsp3) is 0.300. The third-order valence-electron chi connectivity index (χ3n) is 4.56. The van der Waals surface area contributed by atoms with Gasteiger partial charge < -0.3 is 15.1 Å². The first kappa shape index (κ1) is 20.4. The molecule has 8 heteroatoms. The topological polar surface area (TPSA) is 74.4 Å². The van der Waals surface area contributed by atoms with Gasteiger partial charge in [0.15, 0.2) is 11.0 Å². The van der Waals surface area contributed by atoms with Crippen LogP contribution in [-0.4, -0.2) is 45.3 Å². The fourth-order valence-electron chi connectivity index (χ4n) is 3.09. The lowest BCUT2D eigenvalue weighted by Crippen LogP contribution is -2.11. The molecule has 2 N–H and O–H groups in total. The molecule has 2 aromatic carbocycles. The first-order valence-electron chi connectivity index (χ1n) is 8.81. The number of hydrogen-bond donors (Lipinski definition) is 3. The molecule has 0 bridgehead atoms.